The number of nitrogens with zero attached hydrogens (tertiary/aromatic N) is 1. The molecule has 5 nitrogen and oxygen atoms in total. The molecule has 1 aromatic rings. The predicted molar refractivity (Wildman–Crippen MR) is 67.2 cm³/mol. The molecule has 0 bridgehead atoms. The monoisotopic (exact) mass is 271 g/mol. The van der Waals surface area contributed by atoms with E-state index in [0.717, 1.165) is 0 Å². The summed E-state index contributed by atoms with van der Waals surface area (Å²) in [5, 5.41) is 0. The van der Waals surface area contributed by atoms with Crippen LogP contribution in [0, 0.1) is 0 Å². The van der Waals surface area contributed by atoms with Crippen molar-refractivity contribution in [3.8, 4) is 5.75 Å². The minimum atomic E-state index is -3.42. The fourth-order valence-electron chi connectivity index (χ4n) is 1.90. The summed E-state index contributed by atoms with van der Waals surface area (Å²) in [6.07, 6.45) is -0.0632. The fraction of sp³-hybridized carbons (Fsp3) is 0.500. The van der Waals surface area contributed by atoms with E-state index < -0.39 is 10.0 Å². The van der Waals surface area contributed by atoms with Crippen molar-refractivity contribution in [2.24, 2.45) is 0 Å². The lowest BCUT2D eigenvalue weighted by atomic mass is 10.3. The van der Waals surface area contributed by atoms with E-state index in [0.29, 0.717) is 25.4 Å². The normalized spacial score (nSPS) is 21.8. The molecule has 18 heavy (non-hydrogen) atoms. The number of benzene rings is 1. The Balaban J connectivity index is 2.23. The molecule has 0 amide bonds. The van der Waals surface area contributed by atoms with Crippen molar-refractivity contribution in [2.45, 2.75) is 17.9 Å². The molecule has 1 atom stereocenters. The van der Waals surface area contributed by atoms with Crippen LogP contribution in [0.15, 0.2) is 29.2 Å². The summed E-state index contributed by atoms with van der Waals surface area (Å²) in [5.74, 6) is 0.643. The molecule has 0 unspecified atom stereocenters. The average Bonchev–Trinajstić information content (AvgIpc) is 2.39. The Morgan fingerprint density at radius 2 is 2.00 bits per heavy atom. The molecule has 0 saturated carbocycles. The van der Waals surface area contributed by atoms with Gasteiger partial charge in [-0.3, -0.25) is 0 Å². The molecule has 100 valence electrons. The molecule has 0 aromatic heterocycles. The van der Waals surface area contributed by atoms with Gasteiger partial charge in [0, 0.05) is 13.1 Å². The van der Waals surface area contributed by atoms with Gasteiger partial charge in [-0.25, -0.2) is 8.42 Å². The van der Waals surface area contributed by atoms with Crippen LogP contribution in [0.2, 0.25) is 0 Å². The van der Waals surface area contributed by atoms with E-state index in [1.54, 1.807) is 31.4 Å². The Morgan fingerprint density at radius 3 is 2.56 bits per heavy atom. The van der Waals surface area contributed by atoms with Crippen molar-refractivity contribution in [3.63, 3.8) is 0 Å². The highest BCUT2D eigenvalue weighted by Crippen LogP contribution is 2.21. The van der Waals surface area contributed by atoms with Gasteiger partial charge in [0.1, 0.15) is 5.75 Å². The first-order chi connectivity index (χ1) is 8.54. The molecular formula is C12H17NO4S. The minimum absolute atomic E-state index is 0.0632. The lowest BCUT2D eigenvalue weighted by Crippen LogP contribution is -2.44. The van der Waals surface area contributed by atoms with E-state index in [2.05, 4.69) is 0 Å². The first-order valence-corrected chi connectivity index (χ1v) is 7.24. The van der Waals surface area contributed by atoms with E-state index in [9.17, 15) is 8.42 Å². The number of ether oxygens (including phenoxy) is 2. The molecule has 0 radical (unpaired) electrons. The predicted octanol–water partition coefficient (Wildman–Crippen LogP) is 1.10. The van der Waals surface area contributed by atoms with Crippen molar-refractivity contribution < 1.29 is 17.9 Å². The molecule has 0 N–H and O–H groups in total. The Bertz CT molecular complexity index is 497. The quantitative estimate of drug-likeness (QED) is 0.826. The van der Waals surface area contributed by atoms with Gasteiger partial charge >= 0.3 is 0 Å². The lowest BCUT2D eigenvalue weighted by molar-refractivity contribution is 0.0102. The summed E-state index contributed by atoms with van der Waals surface area (Å²) in [7, 11) is -1.87. The van der Waals surface area contributed by atoms with Crippen LogP contribution in [0.25, 0.3) is 0 Å². The third-order valence-electron chi connectivity index (χ3n) is 2.90. The maximum absolute atomic E-state index is 12.4. The standard InChI is InChI=1S/C12H17NO4S/c1-10-9-13(7-8-17-10)18(14,15)12-5-3-11(16-2)4-6-12/h3-6,10H,7-9H2,1-2H3/t10-/m1/s1. The Morgan fingerprint density at radius 1 is 1.33 bits per heavy atom. The van der Waals surface area contributed by atoms with Crippen LogP contribution in [-0.2, 0) is 14.8 Å². The first-order valence-electron chi connectivity index (χ1n) is 5.80. The van der Waals surface area contributed by atoms with Crippen molar-refractivity contribution in [1.29, 1.82) is 0 Å². The highest BCUT2D eigenvalue weighted by molar-refractivity contribution is 7.89. The van der Waals surface area contributed by atoms with Crippen LogP contribution in [-0.4, -0.2) is 45.6 Å². The van der Waals surface area contributed by atoms with Gasteiger partial charge in [0.15, 0.2) is 0 Å². The fourth-order valence-corrected chi connectivity index (χ4v) is 3.40. The maximum Gasteiger partial charge on any atom is 0.243 e. The van der Waals surface area contributed by atoms with Gasteiger partial charge in [0.05, 0.1) is 24.7 Å². The second-order valence-corrected chi connectivity index (χ2v) is 6.16. The zero-order valence-electron chi connectivity index (χ0n) is 10.5. The molecule has 0 aliphatic carbocycles. The summed E-state index contributed by atoms with van der Waals surface area (Å²) in [6, 6.07) is 6.43. The summed E-state index contributed by atoms with van der Waals surface area (Å²) in [4.78, 5) is 0.289. The SMILES string of the molecule is COc1ccc(S(=O)(=O)N2CCO[C@H](C)C2)cc1. The maximum atomic E-state index is 12.4. The summed E-state index contributed by atoms with van der Waals surface area (Å²) in [6.45, 7) is 3.11. The molecule has 1 aromatic carbocycles. The molecule has 1 aliphatic rings. The van der Waals surface area contributed by atoms with Crippen molar-refractivity contribution in [3.05, 3.63) is 24.3 Å². The largest absolute Gasteiger partial charge is 0.497 e. The van der Waals surface area contributed by atoms with Crippen LogP contribution >= 0.6 is 0 Å². The number of morpholine rings is 1. The number of sulfonamides is 1. The van der Waals surface area contributed by atoms with Crippen LogP contribution < -0.4 is 4.74 Å². The van der Waals surface area contributed by atoms with Crippen LogP contribution in [0.3, 0.4) is 0 Å². The third-order valence-corrected chi connectivity index (χ3v) is 4.78. The van der Waals surface area contributed by atoms with Gasteiger partial charge in [0.2, 0.25) is 10.0 Å². The van der Waals surface area contributed by atoms with Gasteiger partial charge < -0.3 is 9.47 Å². The zero-order chi connectivity index (χ0) is 13.2. The molecule has 1 aliphatic heterocycles. The zero-order valence-corrected chi connectivity index (χ0v) is 11.3. The summed E-state index contributed by atoms with van der Waals surface area (Å²) in [5.41, 5.74) is 0. The number of hydrogen-bond donors (Lipinski definition) is 0. The molecule has 6 heteroatoms. The molecule has 0 spiro atoms. The van der Waals surface area contributed by atoms with E-state index >= 15 is 0 Å². The number of hydrogen-bond acceptors (Lipinski definition) is 4. The molecule has 2 rings (SSSR count). The highest BCUT2D eigenvalue weighted by Gasteiger charge is 2.28. The Hall–Kier alpha value is -1.11. The second kappa shape index (κ2) is 5.26. The Labute approximate surface area is 107 Å². The van der Waals surface area contributed by atoms with E-state index in [4.69, 9.17) is 9.47 Å². The van der Waals surface area contributed by atoms with Gasteiger partial charge in [-0.2, -0.15) is 4.31 Å². The van der Waals surface area contributed by atoms with Crippen LogP contribution in [0.4, 0.5) is 0 Å². The Kier molecular flexibility index (Phi) is 3.89. The first kappa shape index (κ1) is 13.3. The topological polar surface area (TPSA) is 55.8 Å². The molecule has 1 saturated heterocycles. The molecule has 1 heterocycles. The van der Waals surface area contributed by atoms with E-state index in [1.807, 2.05) is 6.92 Å². The van der Waals surface area contributed by atoms with E-state index in [-0.39, 0.29) is 11.0 Å². The molecular weight excluding hydrogens is 254 g/mol. The van der Waals surface area contributed by atoms with Gasteiger partial charge in [-0.15, -0.1) is 0 Å². The summed E-state index contributed by atoms with van der Waals surface area (Å²) < 4.78 is 36.6. The van der Waals surface area contributed by atoms with Gasteiger partial charge in [0.25, 0.3) is 0 Å². The van der Waals surface area contributed by atoms with Crippen molar-refractivity contribution in [2.75, 3.05) is 26.8 Å². The highest BCUT2D eigenvalue weighted by atomic mass is 32.2. The lowest BCUT2D eigenvalue weighted by Gasteiger charge is -2.30. The third kappa shape index (κ3) is 2.66. The smallest absolute Gasteiger partial charge is 0.243 e. The van der Waals surface area contributed by atoms with Gasteiger partial charge in [-0.05, 0) is 31.2 Å². The number of rotatable bonds is 3. The minimum Gasteiger partial charge on any atom is -0.497 e. The van der Waals surface area contributed by atoms with Crippen molar-refractivity contribution in [1.82, 2.24) is 4.31 Å². The molecule has 1 fully saturated rings. The van der Waals surface area contributed by atoms with Crippen LogP contribution in [0.1, 0.15) is 6.92 Å². The average molecular weight is 271 g/mol. The van der Waals surface area contributed by atoms with E-state index in [1.165, 1.54) is 4.31 Å². The summed E-state index contributed by atoms with van der Waals surface area (Å²) >= 11 is 0. The van der Waals surface area contributed by atoms with Gasteiger partial charge in [-0.1, -0.05) is 0 Å². The van der Waals surface area contributed by atoms with Crippen LogP contribution in [0.5, 0.6) is 5.75 Å². The number of methoxy groups -OCH3 is 1. The second-order valence-electron chi connectivity index (χ2n) is 4.22. The van der Waals surface area contributed by atoms with Crippen molar-refractivity contribution >= 4 is 10.0 Å².